The number of rotatable bonds is 6. The van der Waals surface area contributed by atoms with Crippen LogP contribution in [0.5, 0.6) is 0 Å². The summed E-state index contributed by atoms with van der Waals surface area (Å²) in [6.45, 7) is 5.77. The fourth-order valence-corrected chi connectivity index (χ4v) is 4.07. The molecule has 0 spiro atoms. The molecule has 0 aromatic carbocycles. The molecule has 1 aromatic rings. The Morgan fingerprint density at radius 1 is 1.44 bits per heavy atom. The molecule has 0 radical (unpaired) electrons. The van der Waals surface area contributed by atoms with E-state index in [0.29, 0.717) is 0 Å². The van der Waals surface area contributed by atoms with Crippen LogP contribution in [0.15, 0.2) is 16.8 Å². The molecular weight excluding hydrogens is 238 g/mol. The number of hydrogen-bond acceptors (Lipinski definition) is 2. The molecule has 0 bridgehead atoms. The van der Waals surface area contributed by atoms with E-state index in [4.69, 9.17) is 0 Å². The van der Waals surface area contributed by atoms with Gasteiger partial charge >= 0.3 is 0 Å². The Labute approximate surface area is 116 Å². The Kier molecular flexibility index (Phi) is 5.71. The normalized spacial score (nSPS) is 26.1. The van der Waals surface area contributed by atoms with Crippen molar-refractivity contribution in [2.24, 2.45) is 11.8 Å². The van der Waals surface area contributed by atoms with Crippen LogP contribution in [-0.2, 0) is 6.42 Å². The first kappa shape index (κ1) is 14.1. The Morgan fingerprint density at radius 2 is 2.33 bits per heavy atom. The third kappa shape index (κ3) is 4.10. The summed E-state index contributed by atoms with van der Waals surface area (Å²) in [5.74, 6) is 1.85. The van der Waals surface area contributed by atoms with Crippen LogP contribution in [0, 0.1) is 11.8 Å². The van der Waals surface area contributed by atoms with Gasteiger partial charge in [-0.25, -0.2) is 0 Å². The second-order valence-corrected chi connectivity index (χ2v) is 6.65. The first-order valence-electron chi connectivity index (χ1n) is 7.54. The van der Waals surface area contributed by atoms with Crippen molar-refractivity contribution in [2.75, 3.05) is 6.54 Å². The van der Waals surface area contributed by atoms with E-state index in [1.165, 1.54) is 44.1 Å². The molecule has 1 saturated carbocycles. The van der Waals surface area contributed by atoms with Gasteiger partial charge in [0.1, 0.15) is 0 Å². The minimum absolute atomic E-state index is 0.734. The van der Waals surface area contributed by atoms with Gasteiger partial charge in [0, 0.05) is 6.04 Å². The van der Waals surface area contributed by atoms with Gasteiger partial charge in [0.05, 0.1) is 0 Å². The van der Waals surface area contributed by atoms with Gasteiger partial charge < -0.3 is 5.32 Å². The van der Waals surface area contributed by atoms with Gasteiger partial charge in [-0.1, -0.05) is 26.7 Å². The molecule has 2 rings (SSSR count). The lowest BCUT2D eigenvalue weighted by atomic mass is 9.77. The molecule has 1 aliphatic carbocycles. The minimum atomic E-state index is 0.734. The van der Waals surface area contributed by atoms with E-state index in [1.807, 2.05) is 11.3 Å². The molecule has 18 heavy (non-hydrogen) atoms. The zero-order valence-electron chi connectivity index (χ0n) is 11.8. The minimum Gasteiger partial charge on any atom is -0.314 e. The highest BCUT2D eigenvalue weighted by Gasteiger charge is 2.25. The van der Waals surface area contributed by atoms with Crippen LogP contribution in [0.1, 0.15) is 51.5 Å². The van der Waals surface area contributed by atoms with Gasteiger partial charge in [0.2, 0.25) is 0 Å². The molecule has 2 heteroatoms. The summed E-state index contributed by atoms with van der Waals surface area (Å²) < 4.78 is 0. The summed E-state index contributed by atoms with van der Waals surface area (Å²) in [5, 5.41) is 8.23. The van der Waals surface area contributed by atoms with Gasteiger partial charge in [-0.2, -0.15) is 11.3 Å². The van der Waals surface area contributed by atoms with E-state index in [9.17, 15) is 0 Å². The quantitative estimate of drug-likeness (QED) is 0.799. The van der Waals surface area contributed by atoms with Crippen molar-refractivity contribution in [1.82, 2.24) is 5.32 Å². The van der Waals surface area contributed by atoms with Gasteiger partial charge in [-0.3, -0.25) is 0 Å². The van der Waals surface area contributed by atoms with Crippen LogP contribution in [-0.4, -0.2) is 12.6 Å². The van der Waals surface area contributed by atoms with Crippen molar-refractivity contribution in [3.8, 4) is 0 Å². The van der Waals surface area contributed by atoms with Crippen molar-refractivity contribution in [2.45, 2.75) is 58.4 Å². The van der Waals surface area contributed by atoms with Crippen LogP contribution >= 0.6 is 11.3 Å². The Hall–Kier alpha value is -0.340. The molecule has 0 amide bonds. The SMILES string of the molecule is CCNC(CCc1ccsc1)C1CCCC(C)C1. The van der Waals surface area contributed by atoms with Crippen molar-refractivity contribution in [3.05, 3.63) is 22.4 Å². The summed E-state index contributed by atoms with van der Waals surface area (Å²) in [6.07, 6.45) is 8.30. The van der Waals surface area contributed by atoms with E-state index >= 15 is 0 Å². The van der Waals surface area contributed by atoms with Gasteiger partial charge in [0.15, 0.2) is 0 Å². The smallest absolute Gasteiger partial charge is 0.00984 e. The third-order valence-electron chi connectivity index (χ3n) is 4.34. The van der Waals surface area contributed by atoms with Crippen molar-refractivity contribution < 1.29 is 0 Å². The first-order valence-corrected chi connectivity index (χ1v) is 8.48. The molecule has 1 aliphatic rings. The average molecular weight is 265 g/mol. The molecule has 0 saturated heterocycles. The zero-order valence-corrected chi connectivity index (χ0v) is 12.6. The zero-order chi connectivity index (χ0) is 12.8. The topological polar surface area (TPSA) is 12.0 Å². The summed E-state index contributed by atoms with van der Waals surface area (Å²) in [7, 11) is 0. The fraction of sp³-hybridized carbons (Fsp3) is 0.750. The largest absolute Gasteiger partial charge is 0.314 e. The van der Waals surface area contributed by atoms with E-state index in [1.54, 1.807) is 0 Å². The highest BCUT2D eigenvalue weighted by molar-refractivity contribution is 7.07. The summed E-state index contributed by atoms with van der Waals surface area (Å²) in [6, 6.07) is 3.01. The molecule has 3 unspecified atom stereocenters. The molecule has 1 N–H and O–H groups in total. The monoisotopic (exact) mass is 265 g/mol. The van der Waals surface area contributed by atoms with Crippen LogP contribution in [0.2, 0.25) is 0 Å². The number of thiophene rings is 1. The highest BCUT2D eigenvalue weighted by atomic mass is 32.1. The predicted octanol–water partition coefficient (Wildman–Crippen LogP) is 4.49. The molecule has 1 heterocycles. The third-order valence-corrected chi connectivity index (χ3v) is 5.07. The summed E-state index contributed by atoms with van der Waals surface area (Å²) >= 11 is 1.82. The molecule has 102 valence electrons. The number of nitrogens with one attached hydrogen (secondary N) is 1. The Bertz CT molecular complexity index is 320. The molecule has 1 fully saturated rings. The molecule has 1 aromatic heterocycles. The Morgan fingerprint density at radius 3 is 3.00 bits per heavy atom. The average Bonchev–Trinajstić information content (AvgIpc) is 2.87. The van der Waals surface area contributed by atoms with E-state index in [2.05, 4.69) is 36.0 Å². The maximum atomic E-state index is 3.74. The van der Waals surface area contributed by atoms with E-state index in [-0.39, 0.29) is 0 Å². The fourth-order valence-electron chi connectivity index (χ4n) is 3.37. The van der Waals surface area contributed by atoms with Gasteiger partial charge in [-0.05, 0) is 66.5 Å². The maximum Gasteiger partial charge on any atom is 0.00984 e. The lowest BCUT2D eigenvalue weighted by molar-refractivity contribution is 0.216. The van der Waals surface area contributed by atoms with Crippen LogP contribution < -0.4 is 5.32 Å². The summed E-state index contributed by atoms with van der Waals surface area (Å²) in [4.78, 5) is 0. The number of hydrogen-bond donors (Lipinski definition) is 1. The van der Waals surface area contributed by atoms with Crippen molar-refractivity contribution >= 4 is 11.3 Å². The summed E-state index contributed by atoms with van der Waals surface area (Å²) in [5.41, 5.74) is 1.52. The first-order chi connectivity index (χ1) is 8.79. The van der Waals surface area contributed by atoms with E-state index < -0.39 is 0 Å². The standard InChI is InChI=1S/C16H27NS/c1-3-17-16(8-7-14-9-10-18-12-14)15-6-4-5-13(2)11-15/h9-10,12-13,15-17H,3-8,11H2,1-2H3. The second kappa shape index (κ2) is 7.30. The predicted molar refractivity (Wildman–Crippen MR) is 81.2 cm³/mol. The molecule has 0 aliphatic heterocycles. The van der Waals surface area contributed by atoms with Gasteiger partial charge in [-0.15, -0.1) is 0 Å². The van der Waals surface area contributed by atoms with Gasteiger partial charge in [0.25, 0.3) is 0 Å². The lowest BCUT2D eigenvalue weighted by Gasteiger charge is -2.34. The lowest BCUT2D eigenvalue weighted by Crippen LogP contribution is -2.38. The Balaban J connectivity index is 1.86. The highest BCUT2D eigenvalue weighted by Crippen LogP contribution is 2.32. The van der Waals surface area contributed by atoms with Crippen LogP contribution in [0.3, 0.4) is 0 Å². The van der Waals surface area contributed by atoms with Crippen molar-refractivity contribution in [3.63, 3.8) is 0 Å². The molecule has 1 nitrogen and oxygen atoms in total. The van der Waals surface area contributed by atoms with Crippen LogP contribution in [0.25, 0.3) is 0 Å². The number of aryl methyl sites for hydroxylation is 1. The van der Waals surface area contributed by atoms with Crippen LogP contribution in [0.4, 0.5) is 0 Å². The second-order valence-electron chi connectivity index (χ2n) is 5.87. The van der Waals surface area contributed by atoms with E-state index in [0.717, 1.165) is 24.4 Å². The molecular formula is C16H27NS. The van der Waals surface area contributed by atoms with Crippen molar-refractivity contribution in [1.29, 1.82) is 0 Å². The maximum absolute atomic E-state index is 3.74. The molecule has 3 atom stereocenters.